The number of rotatable bonds is 7. The van der Waals surface area contributed by atoms with Crippen LogP contribution in [0.25, 0.3) is 10.9 Å². The Morgan fingerprint density at radius 1 is 1.03 bits per heavy atom. The first-order valence-corrected chi connectivity index (χ1v) is 11.6. The highest BCUT2D eigenvalue weighted by atomic mass is 32.2. The number of carbonyl (C=O) groups is 1. The first-order valence-electron chi connectivity index (χ1n) is 10.6. The Bertz CT molecular complexity index is 1090. The number of aromatic nitrogens is 2. The Morgan fingerprint density at radius 2 is 1.75 bits per heavy atom. The van der Waals surface area contributed by atoms with Crippen molar-refractivity contribution < 1.29 is 14.3 Å². The van der Waals surface area contributed by atoms with E-state index in [0.29, 0.717) is 5.75 Å². The Balaban J connectivity index is 1.31. The lowest BCUT2D eigenvalue weighted by Gasteiger charge is -2.35. The molecule has 0 spiro atoms. The molecule has 0 aliphatic carbocycles. The maximum Gasteiger partial charge on any atom is 0.233 e. The second kappa shape index (κ2) is 10.2. The smallest absolute Gasteiger partial charge is 0.233 e. The highest BCUT2D eigenvalue weighted by molar-refractivity contribution is 8.00. The zero-order valence-electron chi connectivity index (χ0n) is 18.7. The van der Waals surface area contributed by atoms with Crippen molar-refractivity contribution in [2.45, 2.75) is 18.5 Å². The van der Waals surface area contributed by atoms with Crippen LogP contribution in [0.1, 0.15) is 11.1 Å². The van der Waals surface area contributed by atoms with Gasteiger partial charge in [-0.05, 0) is 36.2 Å². The van der Waals surface area contributed by atoms with E-state index in [1.807, 2.05) is 41.3 Å². The van der Waals surface area contributed by atoms with Crippen LogP contribution in [0.3, 0.4) is 0 Å². The van der Waals surface area contributed by atoms with Crippen LogP contribution in [0, 0.1) is 6.92 Å². The van der Waals surface area contributed by atoms with Crippen LogP contribution in [0.5, 0.6) is 11.5 Å². The molecule has 0 radical (unpaired) electrons. The highest BCUT2D eigenvalue weighted by Gasteiger charge is 2.22. The number of hydrogen-bond acceptors (Lipinski definition) is 7. The number of aryl methyl sites for hydroxylation is 1. The quantitative estimate of drug-likeness (QED) is 0.402. The second-order valence-electron chi connectivity index (χ2n) is 7.78. The Morgan fingerprint density at radius 3 is 2.50 bits per heavy atom. The van der Waals surface area contributed by atoms with Gasteiger partial charge in [0.2, 0.25) is 5.91 Å². The van der Waals surface area contributed by atoms with Crippen molar-refractivity contribution in [3.05, 3.63) is 53.9 Å². The number of amides is 1. The molecule has 2 aromatic carbocycles. The lowest BCUT2D eigenvalue weighted by atomic mass is 10.1. The molecule has 0 unspecified atom stereocenters. The number of fused-ring (bicyclic) bond motifs is 1. The average molecular weight is 453 g/mol. The number of hydrogen-bond donors (Lipinski definition) is 0. The summed E-state index contributed by atoms with van der Waals surface area (Å²) >= 11 is 1.48. The first kappa shape index (κ1) is 22.4. The van der Waals surface area contributed by atoms with Crippen molar-refractivity contribution in [1.29, 1.82) is 0 Å². The van der Waals surface area contributed by atoms with Gasteiger partial charge >= 0.3 is 0 Å². The topological polar surface area (TPSA) is 67.8 Å². The van der Waals surface area contributed by atoms with Gasteiger partial charge in [0.15, 0.2) is 11.5 Å². The summed E-state index contributed by atoms with van der Waals surface area (Å²) in [5.74, 6) is 2.03. The zero-order valence-corrected chi connectivity index (χ0v) is 19.5. The lowest BCUT2D eigenvalue weighted by Crippen LogP contribution is -2.48. The summed E-state index contributed by atoms with van der Waals surface area (Å²) in [4.78, 5) is 25.8. The molecule has 1 aromatic heterocycles. The minimum atomic E-state index is 0.152. The fraction of sp³-hybridized carbons (Fsp3) is 0.375. The molecule has 0 N–H and O–H groups in total. The van der Waals surface area contributed by atoms with Gasteiger partial charge in [-0.3, -0.25) is 9.69 Å². The zero-order chi connectivity index (χ0) is 22.5. The number of nitrogens with zero attached hydrogens (tertiary/aromatic N) is 4. The lowest BCUT2D eigenvalue weighted by molar-refractivity contribution is -0.130. The van der Waals surface area contributed by atoms with Gasteiger partial charge in [0.25, 0.3) is 0 Å². The molecule has 1 saturated heterocycles. The van der Waals surface area contributed by atoms with E-state index in [9.17, 15) is 4.79 Å². The molecular formula is C24H28N4O3S. The molecular weight excluding hydrogens is 424 g/mol. The van der Waals surface area contributed by atoms with Gasteiger partial charge in [0.1, 0.15) is 11.4 Å². The summed E-state index contributed by atoms with van der Waals surface area (Å²) in [6, 6.07) is 11.9. The summed E-state index contributed by atoms with van der Waals surface area (Å²) in [5.41, 5.74) is 3.29. The third-order valence-electron chi connectivity index (χ3n) is 5.80. The van der Waals surface area contributed by atoms with Crippen LogP contribution in [0.2, 0.25) is 0 Å². The molecule has 4 rings (SSSR count). The van der Waals surface area contributed by atoms with Crippen molar-refractivity contribution in [2.75, 3.05) is 46.2 Å². The van der Waals surface area contributed by atoms with E-state index in [-0.39, 0.29) is 5.91 Å². The fourth-order valence-electron chi connectivity index (χ4n) is 3.91. The normalized spacial score (nSPS) is 14.5. The van der Waals surface area contributed by atoms with E-state index in [4.69, 9.17) is 9.47 Å². The number of ether oxygens (including phenoxy) is 2. The number of methoxy groups -OCH3 is 2. The molecule has 1 amide bonds. The molecule has 0 atom stereocenters. The van der Waals surface area contributed by atoms with Crippen molar-refractivity contribution in [1.82, 2.24) is 19.8 Å². The largest absolute Gasteiger partial charge is 0.493 e. The van der Waals surface area contributed by atoms with Crippen molar-refractivity contribution in [2.24, 2.45) is 0 Å². The number of carbonyl (C=O) groups excluding carboxylic acids is 1. The van der Waals surface area contributed by atoms with E-state index in [1.54, 1.807) is 20.5 Å². The van der Waals surface area contributed by atoms with Crippen molar-refractivity contribution >= 4 is 28.6 Å². The van der Waals surface area contributed by atoms with Crippen molar-refractivity contribution in [3.8, 4) is 11.5 Å². The van der Waals surface area contributed by atoms with Gasteiger partial charge in [-0.15, -0.1) is 0 Å². The minimum absolute atomic E-state index is 0.152. The Labute approximate surface area is 192 Å². The van der Waals surface area contributed by atoms with Crippen LogP contribution in [0.15, 0.2) is 47.8 Å². The Kier molecular flexibility index (Phi) is 7.12. The van der Waals surface area contributed by atoms with Gasteiger partial charge < -0.3 is 14.4 Å². The average Bonchev–Trinajstić information content (AvgIpc) is 2.83. The van der Waals surface area contributed by atoms with E-state index in [2.05, 4.69) is 21.8 Å². The Hall–Kier alpha value is -2.84. The van der Waals surface area contributed by atoms with Crippen LogP contribution in [-0.4, -0.2) is 71.8 Å². The number of thioether (sulfide) groups is 1. The van der Waals surface area contributed by atoms with E-state index in [1.165, 1.54) is 22.9 Å². The van der Waals surface area contributed by atoms with Crippen LogP contribution in [0.4, 0.5) is 0 Å². The minimum Gasteiger partial charge on any atom is -0.493 e. The van der Waals surface area contributed by atoms with Gasteiger partial charge in [-0.25, -0.2) is 9.97 Å². The number of para-hydroxylation sites is 1. The molecule has 0 bridgehead atoms. The van der Waals surface area contributed by atoms with Crippen LogP contribution >= 0.6 is 11.8 Å². The molecule has 2 heterocycles. The summed E-state index contributed by atoms with van der Waals surface area (Å²) in [6.45, 7) is 6.08. The maximum absolute atomic E-state index is 12.8. The third-order valence-corrected chi connectivity index (χ3v) is 6.79. The van der Waals surface area contributed by atoms with Crippen LogP contribution < -0.4 is 9.47 Å². The maximum atomic E-state index is 12.8. The number of benzene rings is 2. The van der Waals surface area contributed by atoms with Gasteiger partial charge in [0.05, 0.1) is 25.5 Å². The molecule has 32 heavy (non-hydrogen) atoms. The summed E-state index contributed by atoms with van der Waals surface area (Å²) in [6.07, 6.45) is 1.56. The van der Waals surface area contributed by atoms with Gasteiger partial charge in [0, 0.05) is 38.1 Å². The monoisotopic (exact) mass is 452 g/mol. The summed E-state index contributed by atoms with van der Waals surface area (Å²) in [7, 11) is 3.31. The molecule has 168 valence electrons. The van der Waals surface area contributed by atoms with Crippen molar-refractivity contribution in [3.63, 3.8) is 0 Å². The SMILES string of the molecule is COc1cc(C)c(CN2CCN(C(=O)CSc3ncnc4ccccc34)CC2)cc1OC. The molecule has 7 nitrogen and oxygen atoms in total. The predicted molar refractivity (Wildman–Crippen MR) is 126 cm³/mol. The first-order chi connectivity index (χ1) is 15.6. The predicted octanol–water partition coefficient (Wildman–Crippen LogP) is 3.39. The van der Waals surface area contributed by atoms with E-state index >= 15 is 0 Å². The standard InChI is InChI=1S/C24H28N4O3S/c1-17-12-21(30-2)22(31-3)13-18(17)14-27-8-10-28(11-9-27)23(29)15-32-24-19-6-4-5-7-20(19)25-16-26-24/h4-7,12-13,16H,8-11,14-15H2,1-3H3. The van der Waals surface area contributed by atoms with Gasteiger partial charge in [-0.1, -0.05) is 30.0 Å². The van der Waals surface area contributed by atoms with E-state index < -0.39 is 0 Å². The summed E-state index contributed by atoms with van der Waals surface area (Å²) in [5, 5.41) is 1.84. The second-order valence-corrected chi connectivity index (χ2v) is 8.74. The molecule has 1 aliphatic rings. The van der Waals surface area contributed by atoms with E-state index in [0.717, 1.165) is 60.2 Å². The molecule has 8 heteroatoms. The third kappa shape index (κ3) is 4.97. The molecule has 3 aromatic rings. The molecule has 1 aliphatic heterocycles. The molecule has 1 fully saturated rings. The summed E-state index contributed by atoms with van der Waals surface area (Å²) < 4.78 is 10.8. The highest BCUT2D eigenvalue weighted by Crippen LogP contribution is 2.31. The molecule has 0 saturated carbocycles. The fourth-order valence-corrected chi connectivity index (χ4v) is 4.80. The number of piperazine rings is 1. The van der Waals surface area contributed by atoms with Gasteiger partial charge in [-0.2, -0.15) is 0 Å². The van der Waals surface area contributed by atoms with Crippen LogP contribution in [-0.2, 0) is 11.3 Å².